The van der Waals surface area contributed by atoms with E-state index in [1.54, 1.807) is 26.4 Å². The van der Waals surface area contributed by atoms with Gasteiger partial charge in [0.15, 0.2) is 5.96 Å². The van der Waals surface area contributed by atoms with Gasteiger partial charge in [0.05, 0.1) is 25.3 Å². The summed E-state index contributed by atoms with van der Waals surface area (Å²) in [6, 6.07) is 5.35. The number of halogens is 2. The highest BCUT2D eigenvalue weighted by Crippen LogP contribution is 2.26. The number of ether oxygens (including phenoxy) is 3. The van der Waals surface area contributed by atoms with Gasteiger partial charge >= 0.3 is 0 Å². The van der Waals surface area contributed by atoms with Gasteiger partial charge in [0.2, 0.25) is 0 Å². The number of benzene rings is 1. The third-order valence-electron chi connectivity index (χ3n) is 2.83. The van der Waals surface area contributed by atoms with Gasteiger partial charge in [-0.15, -0.1) is 24.0 Å². The summed E-state index contributed by atoms with van der Waals surface area (Å²) in [4.78, 5) is 4.25. The first kappa shape index (κ1) is 22.2. The SMILES string of the molecule is COCCOCCCCN=C(N)Nc1ccc(OC)c(Cl)c1.I. The maximum Gasteiger partial charge on any atom is 0.193 e. The Morgan fingerprint density at radius 3 is 2.65 bits per heavy atom. The predicted octanol–water partition coefficient (Wildman–Crippen LogP) is 3.14. The Bertz CT molecular complexity index is 475. The molecule has 6 nitrogen and oxygen atoms in total. The summed E-state index contributed by atoms with van der Waals surface area (Å²) in [6.07, 6.45) is 1.85. The number of unbranched alkanes of at least 4 members (excludes halogenated alkanes) is 1. The van der Waals surface area contributed by atoms with Gasteiger partial charge in [-0.2, -0.15) is 0 Å². The van der Waals surface area contributed by atoms with Crippen LogP contribution >= 0.6 is 35.6 Å². The maximum absolute atomic E-state index is 6.04. The summed E-state index contributed by atoms with van der Waals surface area (Å²) in [6.45, 7) is 2.61. The monoisotopic (exact) mass is 457 g/mol. The van der Waals surface area contributed by atoms with Crippen LogP contribution in [0.25, 0.3) is 0 Å². The molecule has 23 heavy (non-hydrogen) atoms. The van der Waals surface area contributed by atoms with E-state index in [1.807, 2.05) is 6.07 Å². The van der Waals surface area contributed by atoms with Crippen LogP contribution in [-0.2, 0) is 9.47 Å². The number of aliphatic imine (C=N–C) groups is 1. The Hall–Kier alpha value is -0.770. The van der Waals surface area contributed by atoms with E-state index >= 15 is 0 Å². The van der Waals surface area contributed by atoms with Crippen molar-refractivity contribution in [2.75, 3.05) is 45.9 Å². The van der Waals surface area contributed by atoms with Crippen LogP contribution in [0.3, 0.4) is 0 Å². The lowest BCUT2D eigenvalue weighted by Crippen LogP contribution is -2.22. The first-order valence-electron chi connectivity index (χ1n) is 7.14. The molecule has 3 N–H and O–H groups in total. The number of rotatable bonds is 10. The van der Waals surface area contributed by atoms with Crippen molar-refractivity contribution in [1.82, 2.24) is 0 Å². The van der Waals surface area contributed by atoms with E-state index in [0.29, 0.717) is 43.1 Å². The minimum atomic E-state index is 0. The number of nitrogens with two attached hydrogens (primary N) is 1. The van der Waals surface area contributed by atoms with Crippen LogP contribution in [0.4, 0.5) is 5.69 Å². The van der Waals surface area contributed by atoms with E-state index in [9.17, 15) is 0 Å². The Morgan fingerprint density at radius 2 is 2.00 bits per heavy atom. The highest BCUT2D eigenvalue weighted by molar-refractivity contribution is 14.0. The molecule has 0 spiro atoms. The highest BCUT2D eigenvalue weighted by Gasteiger charge is 2.02. The Labute approximate surface area is 159 Å². The minimum Gasteiger partial charge on any atom is -0.495 e. The standard InChI is InChI=1S/C15H24ClN3O3.HI/c1-20-9-10-22-8-4-3-7-18-15(17)19-12-5-6-14(21-2)13(16)11-12;/h5-6,11H,3-4,7-10H2,1-2H3,(H3,17,18,19);1H. The van der Waals surface area contributed by atoms with Crippen LogP contribution in [0.1, 0.15) is 12.8 Å². The van der Waals surface area contributed by atoms with Crippen LogP contribution in [0.5, 0.6) is 5.75 Å². The van der Waals surface area contributed by atoms with Gasteiger partial charge in [-0.1, -0.05) is 11.6 Å². The first-order valence-corrected chi connectivity index (χ1v) is 7.52. The predicted molar refractivity (Wildman–Crippen MR) is 105 cm³/mol. The van der Waals surface area contributed by atoms with Gasteiger partial charge in [-0.25, -0.2) is 0 Å². The number of methoxy groups -OCH3 is 2. The summed E-state index contributed by atoms with van der Waals surface area (Å²) in [5.74, 6) is 0.984. The van der Waals surface area contributed by atoms with Crippen molar-refractivity contribution in [3.05, 3.63) is 23.2 Å². The van der Waals surface area contributed by atoms with E-state index in [-0.39, 0.29) is 24.0 Å². The Kier molecular flexibility index (Phi) is 13.2. The molecular weight excluding hydrogens is 433 g/mol. The molecule has 132 valence electrons. The number of hydrogen-bond acceptors (Lipinski definition) is 4. The summed E-state index contributed by atoms with van der Waals surface area (Å²) >= 11 is 6.04. The number of hydrogen-bond donors (Lipinski definition) is 2. The topological polar surface area (TPSA) is 78.1 Å². The average molecular weight is 458 g/mol. The second kappa shape index (κ2) is 13.6. The molecule has 0 aromatic heterocycles. The third-order valence-corrected chi connectivity index (χ3v) is 3.13. The first-order chi connectivity index (χ1) is 10.7. The zero-order valence-corrected chi connectivity index (χ0v) is 16.6. The molecule has 1 rings (SSSR count). The largest absolute Gasteiger partial charge is 0.495 e. The van der Waals surface area contributed by atoms with Crippen molar-refractivity contribution in [3.8, 4) is 5.75 Å². The van der Waals surface area contributed by atoms with Gasteiger partial charge in [-0.05, 0) is 31.0 Å². The smallest absolute Gasteiger partial charge is 0.193 e. The number of anilines is 1. The lowest BCUT2D eigenvalue weighted by Gasteiger charge is -2.08. The fourth-order valence-electron chi connectivity index (χ4n) is 1.69. The fraction of sp³-hybridized carbons (Fsp3) is 0.533. The molecule has 0 aliphatic rings. The van der Waals surface area contributed by atoms with Crippen molar-refractivity contribution in [2.45, 2.75) is 12.8 Å². The van der Waals surface area contributed by atoms with Crippen LogP contribution < -0.4 is 15.8 Å². The molecule has 8 heteroatoms. The summed E-state index contributed by atoms with van der Waals surface area (Å²) in [5.41, 5.74) is 6.60. The summed E-state index contributed by atoms with van der Waals surface area (Å²) < 4.78 is 15.3. The zero-order chi connectivity index (χ0) is 16.2. The van der Waals surface area contributed by atoms with Crippen molar-refractivity contribution < 1.29 is 14.2 Å². The molecule has 0 heterocycles. The van der Waals surface area contributed by atoms with E-state index in [4.69, 9.17) is 31.5 Å². The molecule has 0 atom stereocenters. The average Bonchev–Trinajstić information content (AvgIpc) is 2.50. The lowest BCUT2D eigenvalue weighted by molar-refractivity contribution is 0.0690. The van der Waals surface area contributed by atoms with Gasteiger partial charge in [0.25, 0.3) is 0 Å². The van der Waals surface area contributed by atoms with Crippen molar-refractivity contribution >= 4 is 47.2 Å². The van der Waals surface area contributed by atoms with Crippen LogP contribution in [0, 0.1) is 0 Å². The second-order valence-electron chi connectivity index (χ2n) is 4.55. The molecule has 0 amide bonds. The van der Waals surface area contributed by atoms with Crippen molar-refractivity contribution in [1.29, 1.82) is 0 Å². The van der Waals surface area contributed by atoms with Crippen molar-refractivity contribution in [3.63, 3.8) is 0 Å². The molecule has 0 aliphatic heterocycles. The molecule has 0 saturated carbocycles. The second-order valence-corrected chi connectivity index (χ2v) is 4.96. The van der Waals surface area contributed by atoms with E-state index < -0.39 is 0 Å². The molecule has 1 aromatic carbocycles. The lowest BCUT2D eigenvalue weighted by atomic mass is 10.3. The van der Waals surface area contributed by atoms with Crippen LogP contribution in [0.15, 0.2) is 23.2 Å². The fourth-order valence-corrected chi connectivity index (χ4v) is 1.95. The van der Waals surface area contributed by atoms with Crippen LogP contribution in [0.2, 0.25) is 5.02 Å². The molecule has 0 aliphatic carbocycles. The molecule has 0 fully saturated rings. The van der Waals surface area contributed by atoms with Gasteiger partial charge in [0.1, 0.15) is 5.75 Å². The zero-order valence-electron chi connectivity index (χ0n) is 13.5. The normalized spacial score (nSPS) is 11.0. The Morgan fingerprint density at radius 1 is 1.22 bits per heavy atom. The van der Waals surface area contributed by atoms with E-state index in [0.717, 1.165) is 18.5 Å². The third kappa shape index (κ3) is 9.85. The maximum atomic E-state index is 6.04. The van der Waals surface area contributed by atoms with Crippen LogP contribution in [-0.4, -0.2) is 46.5 Å². The molecule has 0 saturated heterocycles. The molecular formula is C15H25ClIN3O3. The molecule has 0 radical (unpaired) electrons. The van der Waals surface area contributed by atoms with Gasteiger partial charge in [-0.3, -0.25) is 4.99 Å². The van der Waals surface area contributed by atoms with E-state index in [2.05, 4.69) is 10.3 Å². The Balaban J connectivity index is 0.00000484. The number of nitrogens with one attached hydrogen (secondary N) is 1. The summed E-state index contributed by atoms with van der Waals surface area (Å²) in [7, 11) is 3.23. The molecule has 1 aromatic rings. The van der Waals surface area contributed by atoms with E-state index in [1.165, 1.54) is 0 Å². The quantitative estimate of drug-likeness (QED) is 0.244. The molecule has 0 unspecified atom stereocenters. The minimum absolute atomic E-state index is 0. The highest BCUT2D eigenvalue weighted by atomic mass is 127. The van der Waals surface area contributed by atoms with Crippen molar-refractivity contribution in [2.24, 2.45) is 10.7 Å². The molecule has 0 bridgehead atoms. The number of guanidine groups is 1. The number of nitrogens with zero attached hydrogens (tertiary/aromatic N) is 1. The van der Waals surface area contributed by atoms with Gasteiger partial charge < -0.3 is 25.3 Å². The van der Waals surface area contributed by atoms with Gasteiger partial charge in [0, 0.05) is 25.9 Å². The summed E-state index contributed by atoms with van der Waals surface area (Å²) in [5, 5.41) is 3.51.